The molecule has 0 aliphatic rings. The van der Waals surface area contributed by atoms with E-state index in [1.165, 1.54) is 21.4 Å². The van der Waals surface area contributed by atoms with E-state index in [0.717, 1.165) is 6.07 Å². The molecule has 0 amide bonds. The summed E-state index contributed by atoms with van der Waals surface area (Å²) in [5, 5.41) is 23.2. The lowest BCUT2D eigenvalue weighted by molar-refractivity contribution is 0.239. The Hall–Kier alpha value is -4.30. The average Bonchev–Trinajstić information content (AvgIpc) is 3.52. The summed E-state index contributed by atoms with van der Waals surface area (Å²) in [6.45, 7) is 2.96. The topological polar surface area (TPSA) is 135 Å². The summed E-state index contributed by atoms with van der Waals surface area (Å²) in [4.78, 5) is 22.1. The second kappa shape index (κ2) is 7.14. The van der Waals surface area contributed by atoms with Crippen LogP contribution in [0.1, 0.15) is 24.3 Å². The molecule has 5 aromatic rings. The Morgan fingerprint density at radius 2 is 2.09 bits per heavy atom. The van der Waals surface area contributed by atoms with Crippen LogP contribution >= 0.6 is 0 Å². The molecule has 5 rings (SSSR count). The highest BCUT2D eigenvalue weighted by molar-refractivity contribution is 5.87. The molecule has 160 valence electrons. The lowest BCUT2D eigenvalue weighted by Gasteiger charge is -2.18. The molecule has 1 unspecified atom stereocenters. The van der Waals surface area contributed by atoms with E-state index in [4.69, 9.17) is 8.94 Å². The molecule has 32 heavy (non-hydrogen) atoms. The van der Waals surface area contributed by atoms with Crippen molar-refractivity contribution >= 4 is 16.6 Å². The number of hydrogen-bond acceptors (Lipinski definition) is 8. The monoisotopic (exact) mass is 434 g/mol. The van der Waals surface area contributed by atoms with Gasteiger partial charge in [-0.15, -0.1) is 0 Å². The van der Waals surface area contributed by atoms with Gasteiger partial charge in [-0.25, -0.2) is 9.37 Å². The highest BCUT2D eigenvalue weighted by atomic mass is 19.1. The number of aromatic nitrogens is 5. The molecule has 1 atom stereocenters. The fourth-order valence-electron chi connectivity index (χ4n) is 3.69. The molecule has 0 aliphatic carbocycles. The zero-order chi connectivity index (χ0) is 22.6. The van der Waals surface area contributed by atoms with E-state index in [1.807, 2.05) is 6.07 Å². The van der Waals surface area contributed by atoms with E-state index in [-0.39, 0.29) is 34.0 Å². The van der Waals surface area contributed by atoms with Crippen LogP contribution in [-0.4, -0.2) is 35.8 Å². The molecular formula is C21H15FN6O4. The number of aryl methyl sites for hydroxylation is 1. The van der Waals surface area contributed by atoms with Gasteiger partial charge >= 0.3 is 0 Å². The number of halogens is 1. The molecule has 1 N–H and O–H groups in total. The molecule has 11 heteroatoms. The van der Waals surface area contributed by atoms with Crippen LogP contribution in [0.25, 0.3) is 39.7 Å². The fraction of sp³-hybridized carbons (Fsp3) is 0.190. The van der Waals surface area contributed by atoms with E-state index >= 15 is 0 Å². The van der Waals surface area contributed by atoms with Crippen molar-refractivity contribution in [2.45, 2.75) is 19.9 Å². The van der Waals surface area contributed by atoms with E-state index in [9.17, 15) is 19.6 Å². The molecule has 4 heterocycles. The Morgan fingerprint density at radius 1 is 1.28 bits per heavy atom. The van der Waals surface area contributed by atoms with E-state index < -0.39 is 24.0 Å². The summed E-state index contributed by atoms with van der Waals surface area (Å²) >= 11 is 0. The van der Waals surface area contributed by atoms with Gasteiger partial charge in [0.15, 0.2) is 5.76 Å². The number of rotatable bonds is 4. The first-order valence-corrected chi connectivity index (χ1v) is 9.60. The Labute approximate surface area is 178 Å². The summed E-state index contributed by atoms with van der Waals surface area (Å²) in [5.41, 5.74) is -0.230. The van der Waals surface area contributed by atoms with Crippen molar-refractivity contribution in [1.82, 2.24) is 24.1 Å². The van der Waals surface area contributed by atoms with Crippen LogP contribution in [0.4, 0.5) is 4.39 Å². The standard InChI is InChI=1S/C21H15FN6O4/c1-10(8-29)28-17-12(7-23)13(22)4-5-14(17)27-9-24-16(18(27)21(28)30)19-25-20(32-26-19)15-6-3-11(2)31-15/h3-6,9-10,29H,8H2,1-2H3. The zero-order valence-electron chi connectivity index (χ0n) is 16.9. The second-order valence-electron chi connectivity index (χ2n) is 7.25. The maximum atomic E-state index is 14.4. The van der Waals surface area contributed by atoms with E-state index in [1.54, 1.807) is 26.0 Å². The van der Waals surface area contributed by atoms with Crippen LogP contribution in [0, 0.1) is 24.1 Å². The number of nitriles is 1. The number of nitrogens with zero attached hydrogens (tertiary/aromatic N) is 6. The van der Waals surface area contributed by atoms with Gasteiger partial charge in [-0.05, 0) is 38.1 Å². The number of imidazole rings is 1. The lowest BCUT2D eigenvalue weighted by Crippen LogP contribution is -2.28. The summed E-state index contributed by atoms with van der Waals surface area (Å²) in [5.74, 6) is 0.442. The third kappa shape index (κ3) is 2.74. The molecule has 4 aromatic heterocycles. The van der Waals surface area contributed by atoms with Crippen LogP contribution in [0.3, 0.4) is 0 Å². The minimum Gasteiger partial charge on any atom is -0.456 e. The summed E-state index contributed by atoms with van der Waals surface area (Å²) in [7, 11) is 0. The predicted octanol–water partition coefficient (Wildman–Crippen LogP) is 2.83. The van der Waals surface area contributed by atoms with E-state index in [2.05, 4.69) is 15.1 Å². The van der Waals surface area contributed by atoms with Gasteiger partial charge in [0.25, 0.3) is 11.4 Å². The largest absolute Gasteiger partial charge is 0.456 e. The van der Waals surface area contributed by atoms with Gasteiger partial charge in [0.1, 0.15) is 40.7 Å². The van der Waals surface area contributed by atoms with Gasteiger partial charge in [0, 0.05) is 0 Å². The molecule has 0 saturated heterocycles. The van der Waals surface area contributed by atoms with Crippen molar-refractivity contribution in [3.05, 3.63) is 58.1 Å². The minimum absolute atomic E-state index is 0.0545. The molecule has 10 nitrogen and oxygen atoms in total. The first-order valence-electron chi connectivity index (χ1n) is 9.60. The number of hydrogen-bond donors (Lipinski definition) is 1. The maximum Gasteiger partial charge on any atom is 0.293 e. The number of furan rings is 1. The summed E-state index contributed by atoms with van der Waals surface area (Å²) in [6.07, 6.45) is 1.37. The maximum absolute atomic E-state index is 14.4. The Bertz CT molecular complexity index is 1600. The zero-order valence-corrected chi connectivity index (χ0v) is 16.9. The molecule has 1 aromatic carbocycles. The van der Waals surface area contributed by atoms with Gasteiger partial charge in [-0.2, -0.15) is 10.2 Å². The number of aliphatic hydroxyl groups excluding tert-OH is 1. The minimum atomic E-state index is -0.769. The van der Waals surface area contributed by atoms with Crippen molar-refractivity contribution in [1.29, 1.82) is 5.26 Å². The SMILES string of the molecule is Cc1ccc(-c2nc(-c3ncn4c3c(=O)n(C(C)CO)c3c(C#N)c(F)ccc34)no2)o1. The van der Waals surface area contributed by atoms with Crippen LogP contribution < -0.4 is 5.56 Å². The van der Waals surface area contributed by atoms with Crippen molar-refractivity contribution in [2.75, 3.05) is 6.61 Å². The van der Waals surface area contributed by atoms with Crippen LogP contribution in [-0.2, 0) is 0 Å². The Kier molecular flexibility index (Phi) is 4.38. The first kappa shape index (κ1) is 19.7. The van der Waals surface area contributed by atoms with Gasteiger partial charge in [0.2, 0.25) is 5.82 Å². The quantitative estimate of drug-likeness (QED) is 0.456. The third-order valence-corrected chi connectivity index (χ3v) is 5.20. The van der Waals surface area contributed by atoms with Crippen molar-refractivity contribution in [3.63, 3.8) is 0 Å². The van der Waals surface area contributed by atoms with Crippen LogP contribution in [0.2, 0.25) is 0 Å². The molecule has 0 radical (unpaired) electrons. The molecule has 0 spiro atoms. The van der Waals surface area contributed by atoms with Crippen LogP contribution in [0.15, 0.2) is 44.3 Å². The smallest absolute Gasteiger partial charge is 0.293 e. The molecule has 0 saturated carbocycles. The van der Waals surface area contributed by atoms with E-state index in [0.29, 0.717) is 17.0 Å². The average molecular weight is 434 g/mol. The normalized spacial score (nSPS) is 12.5. The Balaban J connectivity index is 1.83. The van der Waals surface area contributed by atoms with Gasteiger partial charge in [-0.3, -0.25) is 13.8 Å². The molecule has 0 aliphatic heterocycles. The highest BCUT2D eigenvalue weighted by Crippen LogP contribution is 2.28. The molecular weight excluding hydrogens is 419 g/mol. The van der Waals surface area contributed by atoms with Crippen LogP contribution in [0.5, 0.6) is 0 Å². The number of aliphatic hydroxyl groups is 1. The van der Waals surface area contributed by atoms with Gasteiger partial charge in [-0.1, -0.05) is 5.16 Å². The molecule has 0 fully saturated rings. The first-order chi connectivity index (χ1) is 15.4. The number of fused-ring (bicyclic) bond motifs is 3. The fourth-order valence-corrected chi connectivity index (χ4v) is 3.69. The van der Waals surface area contributed by atoms with Gasteiger partial charge in [0.05, 0.1) is 23.7 Å². The van der Waals surface area contributed by atoms with Crippen molar-refractivity contribution in [3.8, 4) is 29.2 Å². The summed E-state index contributed by atoms with van der Waals surface area (Å²) in [6, 6.07) is 7.09. The molecule has 0 bridgehead atoms. The third-order valence-electron chi connectivity index (χ3n) is 5.20. The summed E-state index contributed by atoms with van der Waals surface area (Å²) < 4.78 is 27.8. The highest BCUT2D eigenvalue weighted by Gasteiger charge is 2.25. The lowest BCUT2D eigenvalue weighted by atomic mass is 10.1. The predicted molar refractivity (Wildman–Crippen MR) is 109 cm³/mol. The second-order valence-corrected chi connectivity index (χ2v) is 7.25. The Morgan fingerprint density at radius 3 is 2.78 bits per heavy atom. The van der Waals surface area contributed by atoms with Crippen molar-refractivity contribution < 1.29 is 18.4 Å². The number of benzene rings is 1. The van der Waals surface area contributed by atoms with Gasteiger partial charge < -0.3 is 14.0 Å². The van der Waals surface area contributed by atoms with Crippen molar-refractivity contribution in [2.24, 2.45) is 0 Å².